The standard InChI is InChI=1S/C15H14N2/c1-11-16-14-10-6-5-9-13(14)15(17-11)12-7-3-2-4-8-12/h2-4,7-10H,5-6H2,1H3. The molecule has 0 saturated heterocycles. The summed E-state index contributed by atoms with van der Waals surface area (Å²) in [4.78, 5) is 9.10. The van der Waals surface area contributed by atoms with E-state index in [9.17, 15) is 0 Å². The Labute approximate surface area is 100 Å². The lowest BCUT2D eigenvalue weighted by atomic mass is 10.1. The summed E-state index contributed by atoms with van der Waals surface area (Å²) in [5.41, 5.74) is 2.23. The van der Waals surface area contributed by atoms with Crippen molar-refractivity contribution in [3.05, 3.63) is 46.7 Å². The van der Waals surface area contributed by atoms with Crippen molar-refractivity contribution in [3.8, 4) is 11.3 Å². The summed E-state index contributed by atoms with van der Waals surface area (Å²) in [5, 5.41) is 2.27. The van der Waals surface area contributed by atoms with Crippen molar-refractivity contribution in [2.24, 2.45) is 0 Å². The van der Waals surface area contributed by atoms with Gasteiger partial charge < -0.3 is 0 Å². The van der Waals surface area contributed by atoms with Gasteiger partial charge in [-0.3, -0.25) is 0 Å². The van der Waals surface area contributed by atoms with Gasteiger partial charge in [0.1, 0.15) is 5.82 Å². The van der Waals surface area contributed by atoms with Gasteiger partial charge in [0.25, 0.3) is 0 Å². The van der Waals surface area contributed by atoms with Crippen LogP contribution in [0.3, 0.4) is 0 Å². The highest BCUT2D eigenvalue weighted by Gasteiger charge is 2.06. The zero-order chi connectivity index (χ0) is 11.7. The second-order valence-electron chi connectivity index (χ2n) is 4.27. The van der Waals surface area contributed by atoms with Crippen LogP contribution < -0.4 is 10.6 Å². The average molecular weight is 222 g/mol. The van der Waals surface area contributed by atoms with Crippen LogP contribution in [0.25, 0.3) is 23.4 Å². The highest BCUT2D eigenvalue weighted by Crippen LogP contribution is 2.12. The van der Waals surface area contributed by atoms with Crippen molar-refractivity contribution in [1.82, 2.24) is 9.97 Å². The fourth-order valence-electron chi connectivity index (χ4n) is 2.22. The van der Waals surface area contributed by atoms with E-state index in [4.69, 9.17) is 0 Å². The minimum atomic E-state index is 0.842. The molecule has 0 N–H and O–H groups in total. The fourth-order valence-corrected chi connectivity index (χ4v) is 2.22. The minimum Gasteiger partial charge on any atom is -0.234 e. The number of nitrogens with zero attached hydrogens (tertiary/aromatic N) is 2. The molecule has 2 nitrogen and oxygen atoms in total. The Morgan fingerprint density at radius 1 is 0.941 bits per heavy atom. The van der Waals surface area contributed by atoms with Crippen molar-refractivity contribution in [3.63, 3.8) is 0 Å². The van der Waals surface area contributed by atoms with E-state index in [1.165, 1.54) is 10.8 Å². The molecular formula is C15H14N2. The maximum absolute atomic E-state index is 4.59. The molecule has 0 amide bonds. The summed E-state index contributed by atoms with van der Waals surface area (Å²) in [5.74, 6) is 0.842. The lowest BCUT2D eigenvalue weighted by Gasteiger charge is -2.07. The summed E-state index contributed by atoms with van der Waals surface area (Å²) in [6.07, 6.45) is 6.62. The molecule has 2 aromatic rings. The Morgan fingerprint density at radius 2 is 1.71 bits per heavy atom. The number of hydrogen-bond donors (Lipinski definition) is 0. The first kappa shape index (κ1) is 10.2. The lowest BCUT2D eigenvalue weighted by Crippen LogP contribution is -2.33. The normalized spacial score (nSPS) is 13.5. The van der Waals surface area contributed by atoms with E-state index in [1.54, 1.807) is 0 Å². The predicted molar refractivity (Wildman–Crippen MR) is 69.6 cm³/mol. The molecule has 2 heteroatoms. The summed E-state index contributed by atoms with van der Waals surface area (Å²) in [6.45, 7) is 1.95. The first-order chi connectivity index (χ1) is 8.34. The third kappa shape index (κ3) is 1.86. The van der Waals surface area contributed by atoms with Gasteiger partial charge in [-0.2, -0.15) is 0 Å². The Bertz CT molecular complexity index is 657. The summed E-state index contributed by atoms with van der Waals surface area (Å²) >= 11 is 0. The quantitative estimate of drug-likeness (QED) is 0.735. The van der Waals surface area contributed by atoms with Crippen LogP contribution >= 0.6 is 0 Å². The van der Waals surface area contributed by atoms with Crippen LogP contribution in [0.4, 0.5) is 0 Å². The molecular weight excluding hydrogens is 208 g/mol. The molecule has 1 aliphatic carbocycles. The minimum absolute atomic E-state index is 0.842. The van der Waals surface area contributed by atoms with Crippen LogP contribution in [0.2, 0.25) is 0 Å². The van der Waals surface area contributed by atoms with Gasteiger partial charge >= 0.3 is 0 Å². The Morgan fingerprint density at radius 3 is 2.53 bits per heavy atom. The van der Waals surface area contributed by atoms with Gasteiger partial charge in [0, 0.05) is 10.8 Å². The van der Waals surface area contributed by atoms with Crippen molar-refractivity contribution < 1.29 is 0 Å². The molecule has 3 rings (SSSR count). The smallest absolute Gasteiger partial charge is 0.126 e. The SMILES string of the molecule is Cc1nc(-c2ccccc2)c2c(n1)=CCCC=2. The first-order valence-corrected chi connectivity index (χ1v) is 5.95. The van der Waals surface area contributed by atoms with Gasteiger partial charge in [-0.1, -0.05) is 42.5 Å². The van der Waals surface area contributed by atoms with E-state index < -0.39 is 0 Å². The Balaban J connectivity index is 2.35. The molecule has 0 fully saturated rings. The summed E-state index contributed by atoms with van der Waals surface area (Å²) in [7, 11) is 0. The lowest BCUT2D eigenvalue weighted by molar-refractivity contribution is 0.982. The van der Waals surface area contributed by atoms with E-state index in [2.05, 4.69) is 34.3 Å². The maximum atomic E-state index is 4.59. The summed E-state index contributed by atoms with van der Waals surface area (Å²) in [6, 6.07) is 10.3. The molecule has 0 atom stereocenters. The van der Waals surface area contributed by atoms with Gasteiger partial charge in [0.2, 0.25) is 0 Å². The van der Waals surface area contributed by atoms with Crippen LogP contribution in [0, 0.1) is 6.92 Å². The Hall–Kier alpha value is -1.96. The van der Waals surface area contributed by atoms with Gasteiger partial charge in [-0.25, -0.2) is 9.97 Å². The van der Waals surface area contributed by atoms with E-state index >= 15 is 0 Å². The molecule has 0 radical (unpaired) electrons. The van der Waals surface area contributed by atoms with E-state index in [-0.39, 0.29) is 0 Å². The number of rotatable bonds is 1. The zero-order valence-electron chi connectivity index (χ0n) is 9.85. The molecule has 0 spiro atoms. The Kier molecular flexibility index (Phi) is 2.48. The average Bonchev–Trinajstić information content (AvgIpc) is 2.39. The van der Waals surface area contributed by atoms with E-state index in [1.807, 2.05) is 25.1 Å². The van der Waals surface area contributed by atoms with Gasteiger partial charge in [0.05, 0.1) is 11.0 Å². The molecule has 0 aliphatic heterocycles. The molecule has 0 unspecified atom stereocenters. The molecule has 0 saturated carbocycles. The molecule has 1 aromatic carbocycles. The molecule has 17 heavy (non-hydrogen) atoms. The fraction of sp³-hybridized carbons (Fsp3) is 0.200. The monoisotopic (exact) mass is 222 g/mol. The van der Waals surface area contributed by atoms with E-state index in [0.717, 1.165) is 29.7 Å². The number of aryl methyl sites for hydroxylation is 1. The first-order valence-electron chi connectivity index (χ1n) is 5.95. The third-order valence-corrected chi connectivity index (χ3v) is 2.99. The van der Waals surface area contributed by atoms with Crippen LogP contribution in [0.1, 0.15) is 18.7 Å². The van der Waals surface area contributed by atoms with Crippen molar-refractivity contribution >= 4 is 12.2 Å². The van der Waals surface area contributed by atoms with Crippen molar-refractivity contribution in [2.45, 2.75) is 19.8 Å². The number of benzene rings is 1. The zero-order valence-corrected chi connectivity index (χ0v) is 9.85. The highest BCUT2D eigenvalue weighted by atomic mass is 14.9. The third-order valence-electron chi connectivity index (χ3n) is 2.99. The second-order valence-corrected chi connectivity index (χ2v) is 4.27. The van der Waals surface area contributed by atoms with Crippen molar-refractivity contribution in [2.75, 3.05) is 0 Å². The van der Waals surface area contributed by atoms with Crippen LogP contribution in [0.5, 0.6) is 0 Å². The van der Waals surface area contributed by atoms with Crippen LogP contribution in [0.15, 0.2) is 30.3 Å². The molecule has 0 bridgehead atoms. The largest absolute Gasteiger partial charge is 0.234 e. The number of hydrogen-bond acceptors (Lipinski definition) is 2. The summed E-state index contributed by atoms with van der Waals surface area (Å²) < 4.78 is 0. The van der Waals surface area contributed by atoms with Crippen molar-refractivity contribution in [1.29, 1.82) is 0 Å². The maximum Gasteiger partial charge on any atom is 0.126 e. The highest BCUT2D eigenvalue weighted by molar-refractivity contribution is 5.62. The number of aromatic nitrogens is 2. The van der Waals surface area contributed by atoms with Crippen LogP contribution in [-0.2, 0) is 0 Å². The predicted octanol–water partition coefficient (Wildman–Crippen LogP) is 1.81. The topological polar surface area (TPSA) is 25.8 Å². The molecule has 1 heterocycles. The van der Waals surface area contributed by atoms with E-state index in [0.29, 0.717) is 0 Å². The molecule has 1 aliphatic rings. The number of fused-ring (bicyclic) bond motifs is 1. The molecule has 84 valence electrons. The van der Waals surface area contributed by atoms with Gasteiger partial charge in [-0.05, 0) is 19.8 Å². The van der Waals surface area contributed by atoms with Gasteiger partial charge in [0.15, 0.2) is 0 Å². The van der Waals surface area contributed by atoms with Crippen LogP contribution in [-0.4, -0.2) is 9.97 Å². The van der Waals surface area contributed by atoms with Gasteiger partial charge in [-0.15, -0.1) is 0 Å². The molecule has 1 aromatic heterocycles. The second kappa shape index (κ2) is 4.13.